The molecule has 0 unspecified atom stereocenters. The quantitative estimate of drug-likeness (QED) is 0.444. The number of rotatable bonds is 4. The molecule has 1 heterocycles. The molecule has 0 aliphatic rings. The number of nitrogens with one attached hydrogen (secondary N) is 1. The monoisotopic (exact) mass is 340 g/mol. The van der Waals surface area contributed by atoms with Gasteiger partial charge >= 0.3 is 11.3 Å². The number of anilines is 1. The van der Waals surface area contributed by atoms with Gasteiger partial charge in [0.2, 0.25) is 0 Å². The summed E-state index contributed by atoms with van der Waals surface area (Å²) in [5.41, 5.74) is 0.426. The minimum absolute atomic E-state index is 0.00191. The van der Waals surface area contributed by atoms with Gasteiger partial charge in [-0.2, -0.15) is 0 Å². The zero-order valence-corrected chi connectivity index (χ0v) is 13.0. The minimum Gasteiger partial charge on any atom is -0.490 e. The van der Waals surface area contributed by atoms with Crippen LogP contribution in [0.1, 0.15) is 10.4 Å². The van der Waals surface area contributed by atoms with Gasteiger partial charge in [-0.25, -0.2) is 4.79 Å². The van der Waals surface area contributed by atoms with E-state index in [2.05, 4.69) is 5.32 Å². The molecular formula is C17H12N2O6. The predicted molar refractivity (Wildman–Crippen MR) is 90.1 cm³/mol. The van der Waals surface area contributed by atoms with E-state index in [-0.39, 0.29) is 17.0 Å². The number of amides is 1. The average Bonchev–Trinajstić information content (AvgIpc) is 2.61. The van der Waals surface area contributed by atoms with E-state index in [1.54, 1.807) is 24.3 Å². The highest BCUT2D eigenvalue weighted by molar-refractivity contribution is 6.05. The first-order valence-electron chi connectivity index (χ1n) is 7.15. The molecular weight excluding hydrogens is 328 g/mol. The Kier molecular flexibility index (Phi) is 4.17. The van der Waals surface area contributed by atoms with Gasteiger partial charge in [0.1, 0.15) is 5.58 Å². The normalized spacial score (nSPS) is 10.4. The van der Waals surface area contributed by atoms with Crippen LogP contribution >= 0.6 is 0 Å². The van der Waals surface area contributed by atoms with Crippen molar-refractivity contribution in [3.8, 4) is 5.75 Å². The van der Waals surface area contributed by atoms with Crippen LogP contribution in [0.2, 0.25) is 0 Å². The van der Waals surface area contributed by atoms with E-state index in [0.717, 1.165) is 0 Å². The number of benzene rings is 2. The highest BCUT2D eigenvalue weighted by Crippen LogP contribution is 2.28. The number of carbonyl (C=O) groups is 1. The van der Waals surface area contributed by atoms with E-state index in [9.17, 15) is 19.7 Å². The van der Waals surface area contributed by atoms with Crippen molar-refractivity contribution < 1.29 is 18.9 Å². The van der Waals surface area contributed by atoms with Crippen molar-refractivity contribution >= 4 is 28.3 Å². The molecule has 0 aliphatic heterocycles. The number of methoxy groups -OCH3 is 1. The summed E-state index contributed by atoms with van der Waals surface area (Å²) < 4.78 is 9.98. The zero-order valence-electron chi connectivity index (χ0n) is 13.0. The fourth-order valence-electron chi connectivity index (χ4n) is 2.32. The first-order valence-corrected chi connectivity index (χ1v) is 7.15. The van der Waals surface area contributed by atoms with Crippen LogP contribution in [0.25, 0.3) is 11.0 Å². The number of fused-ring (bicyclic) bond motifs is 1. The number of carbonyl (C=O) groups excluding carboxylic acids is 1. The Morgan fingerprint density at radius 3 is 2.68 bits per heavy atom. The van der Waals surface area contributed by atoms with Crippen LogP contribution in [0.4, 0.5) is 11.4 Å². The van der Waals surface area contributed by atoms with E-state index in [1.807, 2.05) is 0 Å². The lowest BCUT2D eigenvalue weighted by molar-refractivity contribution is -0.385. The molecule has 1 N–H and O–H groups in total. The zero-order chi connectivity index (χ0) is 18.0. The molecule has 8 nitrogen and oxygen atoms in total. The highest BCUT2D eigenvalue weighted by Gasteiger charge is 2.17. The standard InChI is InChI=1S/C17H12N2O6/c1-24-15-9-11(2-5-13(15)19(22)23)17(21)18-12-4-6-14-10(8-12)3-7-16(20)25-14/h2-9H,1H3,(H,18,21). The summed E-state index contributed by atoms with van der Waals surface area (Å²) in [7, 11) is 1.29. The van der Waals surface area contributed by atoms with E-state index in [4.69, 9.17) is 9.15 Å². The van der Waals surface area contributed by atoms with Crippen LogP contribution in [-0.2, 0) is 0 Å². The molecule has 1 aromatic heterocycles. The van der Waals surface area contributed by atoms with Gasteiger partial charge < -0.3 is 14.5 Å². The summed E-state index contributed by atoms with van der Waals surface area (Å²) in [5, 5.41) is 14.2. The molecule has 0 saturated heterocycles. The third-order valence-corrected chi connectivity index (χ3v) is 3.52. The van der Waals surface area contributed by atoms with Crippen molar-refractivity contribution in [2.45, 2.75) is 0 Å². The molecule has 0 radical (unpaired) electrons. The van der Waals surface area contributed by atoms with Crippen molar-refractivity contribution in [1.29, 1.82) is 0 Å². The van der Waals surface area contributed by atoms with Gasteiger partial charge in [0.25, 0.3) is 5.91 Å². The summed E-state index contributed by atoms with van der Waals surface area (Å²) in [6, 6.07) is 11.5. The third-order valence-electron chi connectivity index (χ3n) is 3.52. The van der Waals surface area contributed by atoms with E-state index >= 15 is 0 Å². The van der Waals surface area contributed by atoms with Gasteiger partial charge in [0.15, 0.2) is 5.75 Å². The number of hydrogen-bond acceptors (Lipinski definition) is 6. The van der Waals surface area contributed by atoms with Crippen LogP contribution < -0.4 is 15.7 Å². The summed E-state index contributed by atoms with van der Waals surface area (Å²) >= 11 is 0. The number of hydrogen-bond donors (Lipinski definition) is 1. The highest BCUT2D eigenvalue weighted by atomic mass is 16.6. The lowest BCUT2D eigenvalue weighted by Gasteiger charge is -2.08. The second kappa shape index (κ2) is 6.44. The van der Waals surface area contributed by atoms with Gasteiger partial charge in [-0.3, -0.25) is 14.9 Å². The molecule has 0 saturated carbocycles. The molecule has 1 amide bonds. The second-order valence-electron chi connectivity index (χ2n) is 5.10. The fraction of sp³-hybridized carbons (Fsp3) is 0.0588. The Labute approximate surface area is 140 Å². The topological polar surface area (TPSA) is 112 Å². The SMILES string of the molecule is COc1cc(C(=O)Nc2ccc3oc(=O)ccc3c2)ccc1[N+](=O)[O-]. The largest absolute Gasteiger partial charge is 0.490 e. The molecule has 0 aliphatic carbocycles. The van der Waals surface area contributed by atoms with Crippen molar-refractivity contribution in [2.75, 3.05) is 12.4 Å². The van der Waals surface area contributed by atoms with E-state index in [0.29, 0.717) is 16.7 Å². The predicted octanol–water partition coefficient (Wildman–Crippen LogP) is 2.96. The third kappa shape index (κ3) is 3.32. The smallest absolute Gasteiger partial charge is 0.336 e. The Hall–Kier alpha value is -3.68. The Bertz CT molecular complexity index is 1040. The second-order valence-corrected chi connectivity index (χ2v) is 5.10. The van der Waals surface area contributed by atoms with Crippen molar-refractivity contribution in [1.82, 2.24) is 0 Å². The Morgan fingerprint density at radius 2 is 1.96 bits per heavy atom. The number of ether oxygens (including phenoxy) is 1. The lowest BCUT2D eigenvalue weighted by Crippen LogP contribution is -2.12. The molecule has 25 heavy (non-hydrogen) atoms. The fourth-order valence-corrected chi connectivity index (χ4v) is 2.32. The maximum Gasteiger partial charge on any atom is 0.336 e. The van der Waals surface area contributed by atoms with Gasteiger partial charge in [-0.1, -0.05) is 0 Å². The number of nitro groups is 1. The average molecular weight is 340 g/mol. The Morgan fingerprint density at radius 1 is 1.16 bits per heavy atom. The van der Waals surface area contributed by atoms with Gasteiger partial charge in [0, 0.05) is 34.8 Å². The molecule has 3 rings (SSSR count). The van der Waals surface area contributed by atoms with E-state index < -0.39 is 16.5 Å². The van der Waals surface area contributed by atoms with Crippen molar-refractivity contribution in [3.05, 3.63) is 74.6 Å². The van der Waals surface area contributed by atoms with Crippen LogP contribution in [0.5, 0.6) is 5.75 Å². The molecule has 0 bridgehead atoms. The molecule has 0 fully saturated rings. The van der Waals surface area contributed by atoms with Crippen molar-refractivity contribution in [2.24, 2.45) is 0 Å². The molecule has 0 atom stereocenters. The number of nitrogens with zero attached hydrogens (tertiary/aromatic N) is 1. The molecule has 8 heteroatoms. The van der Waals surface area contributed by atoms with Crippen LogP contribution in [0, 0.1) is 10.1 Å². The first kappa shape index (κ1) is 16.2. The summed E-state index contributed by atoms with van der Waals surface area (Å²) in [4.78, 5) is 33.8. The summed E-state index contributed by atoms with van der Waals surface area (Å²) in [6.45, 7) is 0. The maximum absolute atomic E-state index is 12.3. The minimum atomic E-state index is -0.586. The molecule has 3 aromatic rings. The molecule has 126 valence electrons. The van der Waals surface area contributed by atoms with Gasteiger partial charge in [-0.15, -0.1) is 0 Å². The molecule has 0 spiro atoms. The Balaban J connectivity index is 1.88. The van der Waals surface area contributed by atoms with Crippen molar-refractivity contribution in [3.63, 3.8) is 0 Å². The first-order chi connectivity index (χ1) is 12.0. The van der Waals surface area contributed by atoms with Crippen LogP contribution in [0.15, 0.2) is 57.7 Å². The molecule has 2 aromatic carbocycles. The lowest BCUT2D eigenvalue weighted by atomic mass is 10.1. The summed E-state index contributed by atoms with van der Waals surface area (Å²) in [6.07, 6.45) is 0. The van der Waals surface area contributed by atoms with Crippen LogP contribution in [0.3, 0.4) is 0 Å². The number of nitro benzene ring substituents is 1. The van der Waals surface area contributed by atoms with Crippen LogP contribution in [-0.4, -0.2) is 17.9 Å². The maximum atomic E-state index is 12.3. The summed E-state index contributed by atoms with van der Waals surface area (Å²) in [5.74, 6) is -0.456. The van der Waals surface area contributed by atoms with Gasteiger partial charge in [0.05, 0.1) is 12.0 Å². The van der Waals surface area contributed by atoms with Gasteiger partial charge in [-0.05, 0) is 30.3 Å². The van der Waals surface area contributed by atoms with E-state index in [1.165, 1.54) is 31.4 Å².